The van der Waals surface area contributed by atoms with Gasteiger partial charge < -0.3 is 15.4 Å². The summed E-state index contributed by atoms with van der Waals surface area (Å²) in [5, 5.41) is 6.55. The molecule has 2 heterocycles. The molecule has 1 aliphatic heterocycles. The van der Waals surface area contributed by atoms with Crippen LogP contribution in [-0.2, 0) is 4.74 Å². The Bertz CT molecular complexity index is 408. The third-order valence-corrected chi connectivity index (χ3v) is 3.12. The second kappa shape index (κ2) is 5.67. The third-order valence-electron chi connectivity index (χ3n) is 2.95. The first-order valence-electron chi connectivity index (χ1n) is 6.13. The maximum absolute atomic E-state index is 5.88. The molecular formula is C11H18ClN5O. The number of anilines is 2. The van der Waals surface area contributed by atoms with E-state index in [1.807, 2.05) is 6.92 Å². The maximum atomic E-state index is 5.88. The quantitative estimate of drug-likeness (QED) is 0.872. The number of halogens is 1. The molecule has 1 aliphatic rings. The van der Waals surface area contributed by atoms with Crippen LogP contribution in [0.1, 0.15) is 26.7 Å². The van der Waals surface area contributed by atoms with E-state index in [0.29, 0.717) is 11.9 Å². The lowest BCUT2D eigenvalue weighted by Crippen LogP contribution is -2.41. The zero-order chi connectivity index (χ0) is 13.0. The summed E-state index contributed by atoms with van der Waals surface area (Å²) in [6.45, 7) is 6.36. The van der Waals surface area contributed by atoms with Crippen LogP contribution in [0.25, 0.3) is 0 Å². The summed E-state index contributed by atoms with van der Waals surface area (Å²) in [5.74, 6) is 1.01. The summed E-state index contributed by atoms with van der Waals surface area (Å²) >= 11 is 5.88. The van der Waals surface area contributed by atoms with E-state index in [1.165, 1.54) is 0 Å². The predicted octanol–water partition coefficient (Wildman–Crippen LogP) is 1.94. The first-order valence-corrected chi connectivity index (χ1v) is 6.50. The molecule has 1 fully saturated rings. The Balaban J connectivity index is 2.12. The molecule has 18 heavy (non-hydrogen) atoms. The normalized spacial score (nSPS) is 18.4. The van der Waals surface area contributed by atoms with Gasteiger partial charge >= 0.3 is 0 Å². The van der Waals surface area contributed by atoms with Crippen molar-refractivity contribution in [3.63, 3.8) is 0 Å². The van der Waals surface area contributed by atoms with Crippen LogP contribution in [0.2, 0.25) is 5.28 Å². The molecule has 7 heteroatoms. The summed E-state index contributed by atoms with van der Waals surface area (Å²) in [6, 6.07) is 0. The highest BCUT2D eigenvalue weighted by atomic mass is 35.5. The van der Waals surface area contributed by atoms with Gasteiger partial charge in [0.15, 0.2) is 0 Å². The second-order valence-corrected chi connectivity index (χ2v) is 4.92. The fraction of sp³-hybridized carbons (Fsp3) is 0.727. The molecule has 0 bridgehead atoms. The van der Waals surface area contributed by atoms with Gasteiger partial charge in [0.1, 0.15) is 0 Å². The van der Waals surface area contributed by atoms with Crippen LogP contribution in [0, 0.1) is 0 Å². The number of ether oxygens (including phenoxy) is 1. The van der Waals surface area contributed by atoms with Gasteiger partial charge in [-0.15, -0.1) is 0 Å². The van der Waals surface area contributed by atoms with Crippen molar-refractivity contribution >= 4 is 23.5 Å². The zero-order valence-corrected chi connectivity index (χ0v) is 11.4. The molecule has 0 unspecified atom stereocenters. The fourth-order valence-electron chi connectivity index (χ4n) is 1.86. The summed E-state index contributed by atoms with van der Waals surface area (Å²) < 4.78 is 5.36. The maximum Gasteiger partial charge on any atom is 0.229 e. The molecule has 100 valence electrons. The molecule has 0 amide bonds. The van der Waals surface area contributed by atoms with E-state index >= 15 is 0 Å². The Morgan fingerprint density at radius 2 is 1.89 bits per heavy atom. The van der Waals surface area contributed by atoms with E-state index in [2.05, 4.69) is 32.5 Å². The Kier molecular flexibility index (Phi) is 4.19. The Hall–Kier alpha value is -1.14. The van der Waals surface area contributed by atoms with Crippen molar-refractivity contribution in [2.45, 2.75) is 32.2 Å². The van der Waals surface area contributed by atoms with Gasteiger partial charge in [0, 0.05) is 25.3 Å². The molecule has 6 nitrogen and oxygen atoms in total. The molecule has 1 saturated heterocycles. The van der Waals surface area contributed by atoms with E-state index in [4.69, 9.17) is 16.3 Å². The molecular weight excluding hydrogens is 254 g/mol. The lowest BCUT2D eigenvalue weighted by molar-refractivity contribution is 0.0656. The standard InChI is InChI=1S/C11H18ClN5O/c1-3-13-9-14-8(12)15-10(16-9)17-11(2)4-6-18-7-5-11/h3-7H2,1-2H3,(H2,13,14,15,16,17). The highest BCUT2D eigenvalue weighted by Crippen LogP contribution is 2.24. The van der Waals surface area contributed by atoms with Crippen LogP contribution in [0.3, 0.4) is 0 Å². The molecule has 0 radical (unpaired) electrons. The molecule has 0 atom stereocenters. The third kappa shape index (κ3) is 3.43. The average Bonchev–Trinajstić information content (AvgIpc) is 2.28. The Morgan fingerprint density at radius 3 is 2.56 bits per heavy atom. The number of hydrogen-bond acceptors (Lipinski definition) is 6. The lowest BCUT2D eigenvalue weighted by Gasteiger charge is -2.34. The van der Waals surface area contributed by atoms with E-state index in [0.717, 1.165) is 32.6 Å². The van der Waals surface area contributed by atoms with E-state index < -0.39 is 0 Å². The second-order valence-electron chi connectivity index (χ2n) is 4.58. The van der Waals surface area contributed by atoms with Crippen LogP contribution in [0.5, 0.6) is 0 Å². The van der Waals surface area contributed by atoms with Gasteiger partial charge in [-0.2, -0.15) is 15.0 Å². The number of rotatable bonds is 4. The molecule has 0 aliphatic carbocycles. The van der Waals surface area contributed by atoms with Crippen molar-refractivity contribution in [3.8, 4) is 0 Å². The molecule has 2 rings (SSSR count). The van der Waals surface area contributed by atoms with Gasteiger partial charge in [-0.1, -0.05) is 0 Å². The summed E-state index contributed by atoms with van der Waals surface area (Å²) in [7, 11) is 0. The summed E-state index contributed by atoms with van der Waals surface area (Å²) in [6.07, 6.45) is 1.85. The molecule has 1 aromatic rings. The first-order chi connectivity index (χ1) is 8.61. The Labute approximate surface area is 112 Å². The number of nitrogens with one attached hydrogen (secondary N) is 2. The van der Waals surface area contributed by atoms with Gasteiger partial charge in [0.05, 0.1) is 0 Å². The van der Waals surface area contributed by atoms with Crippen molar-refractivity contribution in [3.05, 3.63) is 5.28 Å². The van der Waals surface area contributed by atoms with E-state index in [9.17, 15) is 0 Å². The fourth-order valence-corrected chi connectivity index (χ4v) is 2.02. The van der Waals surface area contributed by atoms with Gasteiger partial charge in [-0.3, -0.25) is 0 Å². The smallest absolute Gasteiger partial charge is 0.229 e. The highest BCUT2D eigenvalue weighted by molar-refractivity contribution is 6.28. The van der Waals surface area contributed by atoms with Crippen molar-refractivity contribution in [1.29, 1.82) is 0 Å². The minimum atomic E-state index is -0.0492. The molecule has 2 N–H and O–H groups in total. The summed E-state index contributed by atoms with van der Waals surface area (Å²) in [5.41, 5.74) is -0.0492. The van der Waals surface area contributed by atoms with Crippen molar-refractivity contribution in [2.75, 3.05) is 30.4 Å². The summed E-state index contributed by atoms with van der Waals surface area (Å²) in [4.78, 5) is 12.4. The molecule has 1 aromatic heterocycles. The number of nitrogens with zero attached hydrogens (tertiary/aromatic N) is 3. The van der Waals surface area contributed by atoms with Crippen LogP contribution >= 0.6 is 11.6 Å². The number of aromatic nitrogens is 3. The van der Waals surface area contributed by atoms with Crippen molar-refractivity contribution in [2.24, 2.45) is 0 Å². The predicted molar refractivity (Wildman–Crippen MR) is 71.1 cm³/mol. The van der Waals surface area contributed by atoms with Crippen LogP contribution < -0.4 is 10.6 Å². The molecule has 0 saturated carbocycles. The lowest BCUT2D eigenvalue weighted by atomic mass is 9.93. The van der Waals surface area contributed by atoms with Gasteiger partial charge in [0.25, 0.3) is 0 Å². The Morgan fingerprint density at radius 1 is 1.22 bits per heavy atom. The zero-order valence-electron chi connectivity index (χ0n) is 10.7. The van der Waals surface area contributed by atoms with Gasteiger partial charge in [0.2, 0.25) is 17.2 Å². The van der Waals surface area contributed by atoms with Crippen LogP contribution in [-0.4, -0.2) is 40.2 Å². The van der Waals surface area contributed by atoms with E-state index in [-0.39, 0.29) is 10.8 Å². The molecule has 0 aromatic carbocycles. The van der Waals surface area contributed by atoms with Gasteiger partial charge in [-0.05, 0) is 38.3 Å². The average molecular weight is 272 g/mol. The SMILES string of the molecule is CCNc1nc(Cl)nc(NC2(C)CCOCC2)n1. The largest absolute Gasteiger partial charge is 0.381 e. The molecule has 0 spiro atoms. The topological polar surface area (TPSA) is 72.0 Å². The minimum Gasteiger partial charge on any atom is -0.381 e. The highest BCUT2D eigenvalue weighted by Gasteiger charge is 2.28. The van der Waals surface area contributed by atoms with Crippen molar-refractivity contribution in [1.82, 2.24) is 15.0 Å². The minimum absolute atomic E-state index is 0.0492. The first kappa shape index (κ1) is 13.3. The van der Waals surface area contributed by atoms with Crippen LogP contribution in [0.15, 0.2) is 0 Å². The van der Waals surface area contributed by atoms with E-state index in [1.54, 1.807) is 0 Å². The monoisotopic (exact) mass is 271 g/mol. The van der Waals surface area contributed by atoms with Crippen molar-refractivity contribution < 1.29 is 4.74 Å². The number of hydrogen-bond donors (Lipinski definition) is 2. The van der Waals surface area contributed by atoms with Gasteiger partial charge in [-0.25, -0.2) is 0 Å². The van der Waals surface area contributed by atoms with Crippen LogP contribution in [0.4, 0.5) is 11.9 Å².